The maximum Gasteiger partial charge on any atom is 0.332 e. The molecule has 21 heavy (non-hydrogen) atoms. The van der Waals surface area contributed by atoms with E-state index in [2.05, 4.69) is 26.1 Å². The number of carbonyl (C=O) groups is 1. The van der Waals surface area contributed by atoms with E-state index in [1.807, 2.05) is 0 Å². The Labute approximate surface area is 127 Å². The van der Waals surface area contributed by atoms with E-state index in [0.717, 1.165) is 0 Å². The Morgan fingerprint density at radius 3 is 2.86 bits per heavy atom. The van der Waals surface area contributed by atoms with E-state index >= 15 is 0 Å². The van der Waals surface area contributed by atoms with Crippen LogP contribution >= 0.6 is 15.9 Å². The number of rotatable bonds is 3. The van der Waals surface area contributed by atoms with Gasteiger partial charge in [-0.3, -0.25) is 0 Å². The highest BCUT2D eigenvalue weighted by atomic mass is 79.9. The van der Waals surface area contributed by atoms with E-state index in [9.17, 15) is 9.18 Å². The van der Waals surface area contributed by atoms with Gasteiger partial charge in [-0.15, -0.1) is 0 Å². The van der Waals surface area contributed by atoms with E-state index in [-0.39, 0.29) is 11.7 Å². The summed E-state index contributed by atoms with van der Waals surface area (Å²) in [7, 11) is 0. The molecule has 1 fully saturated rings. The normalized spacial score (nSPS) is 21.6. The summed E-state index contributed by atoms with van der Waals surface area (Å²) in [4.78, 5) is 15.0. The van der Waals surface area contributed by atoms with E-state index < -0.39 is 24.0 Å². The number of aromatic nitrogens is 2. The van der Waals surface area contributed by atoms with Gasteiger partial charge in [-0.25, -0.2) is 9.18 Å². The molecular formula is C13H10BrFN2O4. The molecule has 2 heterocycles. The molecule has 2 aromatic rings. The van der Waals surface area contributed by atoms with E-state index in [1.54, 1.807) is 6.07 Å². The van der Waals surface area contributed by atoms with Gasteiger partial charge in [-0.2, -0.15) is 4.98 Å². The van der Waals surface area contributed by atoms with Crippen molar-refractivity contribution < 1.29 is 23.6 Å². The highest BCUT2D eigenvalue weighted by Crippen LogP contribution is 2.33. The van der Waals surface area contributed by atoms with Crippen LogP contribution in [0.15, 0.2) is 27.2 Å². The smallest absolute Gasteiger partial charge is 0.332 e. The molecule has 1 N–H and O–H groups in total. The third-order valence-electron chi connectivity index (χ3n) is 3.13. The molecular weight excluding hydrogens is 347 g/mol. The minimum absolute atomic E-state index is 0.203. The van der Waals surface area contributed by atoms with Gasteiger partial charge in [-0.05, 0) is 31.0 Å². The van der Waals surface area contributed by atoms with E-state index in [0.29, 0.717) is 22.9 Å². The molecule has 0 spiro atoms. The van der Waals surface area contributed by atoms with Gasteiger partial charge in [0.25, 0.3) is 5.89 Å². The first-order valence-electron chi connectivity index (χ1n) is 6.21. The first-order chi connectivity index (χ1) is 10.0. The lowest BCUT2D eigenvalue weighted by molar-refractivity contribution is -0.150. The second-order valence-corrected chi connectivity index (χ2v) is 5.56. The van der Waals surface area contributed by atoms with Crippen LogP contribution < -0.4 is 0 Å². The quantitative estimate of drug-likeness (QED) is 0.909. The molecule has 0 bridgehead atoms. The van der Waals surface area contributed by atoms with Gasteiger partial charge in [-0.1, -0.05) is 21.1 Å². The number of hydrogen-bond acceptors (Lipinski definition) is 5. The second kappa shape index (κ2) is 5.53. The van der Waals surface area contributed by atoms with Gasteiger partial charge >= 0.3 is 5.97 Å². The highest BCUT2D eigenvalue weighted by Gasteiger charge is 2.34. The zero-order valence-corrected chi connectivity index (χ0v) is 12.2. The third kappa shape index (κ3) is 2.96. The van der Waals surface area contributed by atoms with Gasteiger partial charge in [0.1, 0.15) is 11.9 Å². The molecule has 0 radical (unpaired) electrons. The first-order valence-corrected chi connectivity index (χ1v) is 7.00. The molecule has 1 aliphatic rings. The van der Waals surface area contributed by atoms with Crippen LogP contribution in [0.25, 0.3) is 11.4 Å². The van der Waals surface area contributed by atoms with Gasteiger partial charge < -0.3 is 14.4 Å². The summed E-state index contributed by atoms with van der Waals surface area (Å²) in [5.74, 6) is -0.998. The maximum absolute atomic E-state index is 13.4. The Bertz CT molecular complexity index is 670. The second-order valence-electron chi connectivity index (χ2n) is 4.64. The summed E-state index contributed by atoms with van der Waals surface area (Å²) in [5, 5.41) is 12.7. The number of halogens is 2. The lowest BCUT2D eigenvalue weighted by Gasteiger charge is -2.05. The number of benzene rings is 1. The standard InChI is InChI=1S/C13H10BrFN2O4/c14-7-3-6(4-8(15)5-7)11-16-12(21-17-11)9-1-2-10(20-9)13(18)19/h3-5,9-10H,1-2H2,(H,18,19). The van der Waals surface area contributed by atoms with Crippen LogP contribution in [0.2, 0.25) is 0 Å². The summed E-state index contributed by atoms with van der Waals surface area (Å²) < 4.78 is 24.3. The molecule has 0 aliphatic carbocycles. The Balaban J connectivity index is 1.82. The Morgan fingerprint density at radius 2 is 2.19 bits per heavy atom. The van der Waals surface area contributed by atoms with Crippen LogP contribution in [0.3, 0.4) is 0 Å². The molecule has 0 saturated carbocycles. The maximum atomic E-state index is 13.4. The molecule has 6 nitrogen and oxygen atoms in total. The molecule has 8 heteroatoms. The van der Waals surface area contributed by atoms with Crippen molar-refractivity contribution in [1.82, 2.24) is 10.1 Å². The number of carboxylic acids is 1. The fraction of sp³-hybridized carbons (Fsp3) is 0.308. The summed E-state index contributed by atoms with van der Waals surface area (Å²) in [6.45, 7) is 0. The predicted molar refractivity (Wildman–Crippen MR) is 71.9 cm³/mol. The first kappa shape index (κ1) is 14.2. The lowest BCUT2D eigenvalue weighted by Crippen LogP contribution is -2.18. The minimum atomic E-state index is -1.01. The molecule has 2 unspecified atom stereocenters. The zero-order valence-electron chi connectivity index (χ0n) is 10.6. The Kier molecular flexibility index (Phi) is 3.73. The van der Waals surface area contributed by atoms with Crippen molar-refractivity contribution in [2.75, 3.05) is 0 Å². The molecule has 0 amide bonds. The van der Waals surface area contributed by atoms with Crippen molar-refractivity contribution in [2.45, 2.75) is 25.0 Å². The van der Waals surface area contributed by atoms with Crippen LogP contribution in [0.5, 0.6) is 0 Å². The monoisotopic (exact) mass is 356 g/mol. The van der Waals surface area contributed by atoms with Gasteiger partial charge in [0, 0.05) is 10.0 Å². The average Bonchev–Trinajstić information content (AvgIpc) is 3.07. The van der Waals surface area contributed by atoms with Crippen LogP contribution in [-0.4, -0.2) is 27.3 Å². The molecule has 1 saturated heterocycles. The van der Waals surface area contributed by atoms with E-state index in [4.69, 9.17) is 14.4 Å². The lowest BCUT2D eigenvalue weighted by atomic mass is 10.2. The van der Waals surface area contributed by atoms with Crippen molar-refractivity contribution in [1.29, 1.82) is 0 Å². The van der Waals surface area contributed by atoms with Crippen LogP contribution in [0.1, 0.15) is 24.8 Å². The fourth-order valence-corrected chi connectivity index (χ4v) is 2.63. The van der Waals surface area contributed by atoms with Gasteiger partial charge in [0.15, 0.2) is 6.10 Å². The topological polar surface area (TPSA) is 85.5 Å². The number of aliphatic carboxylic acids is 1. The number of carboxylic acid groups (broad SMARTS) is 1. The number of ether oxygens (including phenoxy) is 1. The summed E-state index contributed by atoms with van der Waals surface area (Å²) >= 11 is 3.19. The summed E-state index contributed by atoms with van der Waals surface area (Å²) in [6, 6.07) is 4.27. The van der Waals surface area contributed by atoms with Gasteiger partial charge in [0.2, 0.25) is 5.82 Å². The van der Waals surface area contributed by atoms with Crippen molar-refractivity contribution >= 4 is 21.9 Å². The molecule has 1 aromatic heterocycles. The number of nitrogens with zero attached hydrogens (tertiary/aromatic N) is 2. The van der Waals surface area contributed by atoms with Gasteiger partial charge in [0.05, 0.1) is 0 Å². The molecule has 110 valence electrons. The van der Waals surface area contributed by atoms with E-state index in [1.165, 1.54) is 12.1 Å². The van der Waals surface area contributed by atoms with Crippen LogP contribution in [-0.2, 0) is 9.53 Å². The zero-order chi connectivity index (χ0) is 15.0. The molecule has 3 rings (SSSR count). The molecule has 1 aliphatic heterocycles. The third-order valence-corrected chi connectivity index (χ3v) is 3.59. The Morgan fingerprint density at radius 1 is 1.38 bits per heavy atom. The largest absolute Gasteiger partial charge is 0.479 e. The molecule has 2 atom stereocenters. The van der Waals surface area contributed by atoms with Crippen molar-refractivity contribution in [3.8, 4) is 11.4 Å². The summed E-state index contributed by atoms with van der Waals surface area (Å²) in [5.41, 5.74) is 0.463. The Hall–Kier alpha value is -1.80. The SMILES string of the molecule is O=C(O)C1CCC(c2nc(-c3cc(F)cc(Br)c3)no2)O1. The molecule has 1 aromatic carbocycles. The average molecular weight is 357 g/mol. The van der Waals surface area contributed by atoms with Crippen LogP contribution in [0.4, 0.5) is 4.39 Å². The number of hydrogen-bond donors (Lipinski definition) is 1. The van der Waals surface area contributed by atoms with Crippen LogP contribution in [0, 0.1) is 5.82 Å². The van der Waals surface area contributed by atoms with Crippen molar-refractivity contribution in [3.63, 3.8) is 0 Å². The highest BCUT2D eigenvalue weighted by molar-refractivity contribution is 9.10. The van der Waals surface area contributed by atoms with Crippen molar-refractivity contribution in [2.24, 2.45) is 0 Å². The van der Waals surface area contributed by atoms with Crippen molar-refractivity contribution in [3.05, 3.63) is 34.4 Å². The summed E-state index contributed by atoms with van der Waals surface area (Å²) in [6.07, 6.45) is -0.507. The predicted octanol–water partition coefficient (Wildman–Crippen LogP) is 2.94. The minimum Gasteiger partial charge on any atom is -0.479 e. The fourth-order valence-electron chi connectivity index (χ4n) is 2.17.